The topological polar surface area (TPSA) is 47.6 Å². The Morgan fingerprint density at radius 2 is 2.00 bits per heavy atom. The third-order valence-corrected chi connectivity index (χ3v) is 3.47. The first-order chi connectivity index (χ1) is 8.58. The van der Waals surface area contributed by atoms with Gasteiger partial charge in [-0.25, -0.2) is 0 Å². The number of benzene rings is 1. The normalized spacial score (nSPS) is 18.3. The van der Waals surface area contributed by atoms with Gasteiger partial charge < -0.3 is 14.8 Å². The number of amides is 1. The maximum absolute atomic E-state index is 12.0. The lowest BCUT2D eigenvalue weighted by atomic mass is 9.82. The van der Waals surface area contributed by atoms with Gasteiger partial charge in [-0.3, -0.25) is 4.79 Å². The molecule has 0 aliphatic carbocycles. The number of hydrogen-bond donors (Lipinski definition) is 1. The Bertz CT molecular complexity index is 468. The average Bonchev–Trinajstić information content (AvgIpc) is 2.37. The molecule has 18 heavy (non-hydrogen) atoms. The zero-order valence-electron chi connectivity index (χ0n) is 11.2. The molecule has 1 unspecified atom stereocenters. The Labute approximate surface area is 107 Å². The molecule has 1 atom stereocenters. The number of fused-ring (bicyclic) bond motifs is 1. The van der Waals surface area contributed by atoms with Crippen molar-refractivity contribution in [3.8, 4) is 11.5 Å². The molecule has 0 fully saturated rings. The number of hydrogen-bond acceptors (Lipinski definition) is 3. The van der Waals surface area contributed by atoms with Crippen LogP contribution < -0.4 is 14.8 Å². The Morgan fingerprint density at radius 3 is 2.56 bits per heavy atom. The number of rotatable bonds is 3. The van der Waals surface area contributed by atoms with Crippen molar-refractivity contribution in [3.63, 3.8) is 0 Å². The Kier molecular flexibility index (Phi) is 3.45. The van der Waals surface area contributed by atoms with Crippen molar-refractivity contribution >= 4 is 5.91 Å². The number of nitrogens with one attached hydrogen (secondary N) is 1. The molecule has 2 rings (SSSR count). The summed E-state index contributed by atoms with van der Waals surface area (Å²) in [5.74, 6) is 2.03. The zero-order chi connectivity index (χ0) is 13.3. The van der Waals surface area contributed by atoms with Crippen LogP contribution in [0.15, 0.2) is 12.1 Å². The molecule has 0 bridgehead atoms. The van der Waals surface area contributed by atoms with Crippen LogP contribution in [-0.4, -0.2) is 26.7 Å². The minimum atomic E-state index is -0.0564. The fourth-order valence-electron chi connectivity index (χ4n) is 2.43. The molecular formula is C14H19NO3. The number of methoxy groups -OCH3 is 2. The van der Waals surface area contributed by atoms with Crippen molar-refractivity contribution in [2.45, 2.75) is 19.8 Å². The van der Waals surface area contributed by atoms with Gasteiger partial charge in [-0.1, -0.05) is 13.8 Å². The van der Waals surface area contributed by atoms with E-state index in [1.165, 1.54) is 0 Å². The Hall–Kier alpha value is -1.71. The molecule has 0 radical (unpaired) electrons. The molecule has 0 saturated carbocycles. The SMILES string of the molecule is COc1cc(OC)c2c(c1)C(=O)NCC2C(C)C. The van der Waals surface area contributed by atoms with Crippen LogP contribution in [0.4, 0.5) is 0 Å². The fraction of sp³-hybridized carbons (Fsp3) is 0.500. The second-order valence-corrected chi connectivity index (χ2v) is 4.85. The summed E-state index contributed by atoms with van der Waals surface area (Å²) in [4.78, 5) is 12.0. The highest BCUT2D eigenvalue weighted by atomic mass is 16.5. The quantitative estimate of drug-likeness (QED) is 0.893. The van der Waals surface area contributed by atoms with Gasteiger partial charge in [0.15, 0.2) is 0 Å². The summed E-state index contributed by atoms with van der Waals surface area (Å²) in [6.07, 6.45) is 0. The highest BCUT2D eigenvalue weighted by Crippen LogP contribution is 2.39. The summed E-state index contributed by atoms with van der Waals surface area (Å²) < 4.78 is 10.6. The van der Waals surface area contributed by atoms with Crippen molar-refractivity contribution < 1.29 is 14.3 Å². The van der Waals surface area contributed by atoms with E-state index in [4.69, 9.17) is 9.47 Å². The lowest BCUT2D eigenvalue weighted by Gasteiger charge is -2.30. The van der Waals surface area contributed by atoms with E-state index < -0.39 is 0 Å². The van der Waals surface area contributed by atoms with Crippen LogP contribution in [0, 0.1) is 5.92 Å². The van der Waals surface area contributed by atoms with Crippen LogP contribution in [0.5, 0.6) is 11.5 Å². The molecule has 1 aliphatic heterocycles. The Balaban J connectivity index is 2.62. The van der Waals surface area contributed by atoms with Gasteiger partial charge >= 0.3 is 0 Å². The molecule has 1 N–H and O–H groups in total. The van der Waals surface area contributed by atoms with Gasteiger partial charge in [0.1, 0.15) is 11.5 Å². The standard InChI is InChI=1S/C14H19NO3/c1-8(2)11-7-15-14(16)10-5-9(17-3)6-12(18-4)13(10)11/h5-6,8,11H,7H2,1-4H3,(H,15,16). The summed E-state index contributed by atoms with van der Waals surface area (Å²) in [6.45, 7) is 4.96. The van der Waals surface area contributed by atoms with Gasteiger partial charge in [-0.2, -0.15) is 0 Å². The molecule has 1 aromatic carbocycles. The molecule has 0 aromatic heterocycles. The van der Waals surface area contributed by atoms with Gasteiger partial charge in [0, 0.05) is 24.1 Å². The van der Waals surface area contributed by atoms with Crippen molar-refractivity contribution in [1.82, 2.24) is 5.32 Å². The van der Waals surface area contributed by atoms with Crippen LogP contribution in [-0.2, 0) is 0 Å². The molecule has 1 aromatic rings. The number of ether oxygens (including phenoxy) is 2. The summed E-state index contributed by atoms with van der Waals surface area (Å²) >= 11 is 0. The predicted octanol–water partition coefficient (Wildman–Crippen LogP) is 2.19. The molecular weight excluding hydrogens is 230 g/mol. The molecule has 1 amide bonds. The fourth-order valence-corrected chi connectivity index (χ4v) is 2.43. The summed E-state index contributed by atoms with van der Waals surface area (Å²) in [6, 6.07) is 3.62. The summed E-state index contributed by atoms with van der Waals surface area (Å²) in [5.41, 5.74) is 1.66. The highest BCUT2D eigenvalue weighted by Gasteiger charge is 2.31. The first kappa shape index (κ1) is 12.7. The van der Waals surface area contributed by atoms with Crippen LogP contribution in [0.2, 0.25) is 0 Å². The number of carbonyl (C=O) groups excluding carboxylic acids is 1. The molecule has 1 aliphatic rings. The predicted molar refractivity (Wildman–Crippen MR) is 69.5 cm³/mol. The molecule has 0 spiro atoms. The number of carbonyl (C=O) groups is 1. The minimum Gasteiger partial charge on any atom is -0.497 e. The second-order valence-electron chi connectivity index (χ2n) is 4.85. The van der Waals surface area contributed by atoms with Gasteiger partial charge in [0.05, 0.1) is 19.8 Å². The zero-order valence-corrected chi connectivity index (χ0v) is 11.2. The van der Waals surface area contributed by atoms with Crippen LogP contribution in [0.25, 0.3) is 0 Å². The summed E-state index contributed by atoms with van der Waals surface area (Å²) in [5, 5.41) is 2.92. The van der Waals surface area contributed by atoms with E-state index in [9.17, 15) is 4.79 Å². The Morgan fingerprint density at radius 1 is 1.28 bits per heavy atom. The minimum absolute atomic E-state index is 0.0564. The lowest BCUT2D eigenvalue weighted by Crippen LogP contribution is -2.37. The maximum atomic E-state index is 12.0. The average molecular weight is 249 g/mol. The third-order valence-electron chi connectivity index (χ3n) is 3.47. The molecule has 0 saturated heterocycles. The van der Waals surface area contributed by atoms with Crippen molar-refractivity contribution in [2.24, 2.45) is 5.92 Å². The van der Waals surface area contributed by atoms with Crippen LogP contribution in [0.1, 0.15) is 35.7 Å². The van der Waals surface area contributed by atoms with E-state index in [1.54, 1.807) is 20.3 Å². The van der Waals surface area contributed by atoms with Gasteiger partial charge in [-0.15, -0.1) is 0 Å². The van der Waals surface area contributed by atoms with Crippen molar-refractivity contribution in [3.05, 3.63) is 23.3 Å². The van der Waals surface area contributed by atoms with Gasteiger partial charge in [-0.05, 0) is 12.0 Å². The molecule has 4 heteroatoms. The van der Waals surface area contributed by atoms with Crippen LogP contribution in [0.3, 0.4) is 0 Å². The van der Waals surface area contributed by atoms with E-state index in [0.717, 1.165) is 11.3 Å². The third kappa shape index (κ3) is 2.03. The van der Waals surface area contributed by atoms with E-state index in [2.05, 4.69) is 19.2 Å². The highest BCUT2D eigenvalue weighted by molar-refractivity contribution is 5.98. The molecule has 98 valence electrons. The smallest absolute Gasteiger partial charge is 0.251 e. The van der Waals surface area contributed by atoms with E-state index in [1.807, 2.05) is 6.07 Å². The van der Waals surface area contributed by atoms with Gasteiger partial charge in [0.2, 0.25) is 0 Å². The molecule has 1 heterocycles. The van der Waals surface area contributed by atoms with Crippen LogP contribution >= 0.6 is 0 Å². The largest absolute Gasteiger partial charge is 0.497 e. The lowest BCUT2D eigenvalue weighted by molar-refractivity contribution is 0.0934. The van der Waals surface area contributed by atoms with Crippen molar-refractivity contribution in [1.29, 1.82) is 0 Å². The van der Waals surface area contributed by atoms with E-state index in [0.29, 0.717) is 23.8 Å². The van der Waals surface area contributed by atoms with Crippen molar-refractivity contribution in [2.75, 3.05) is 20.8 Å². The van der Waals surface area contributed by atoms with Gasteiger partial charge in [0.25, 0.3) is 5.91 Å². The molecule has 4 nitrogen and oxygen atoms in total. The first-order valence-corrected chi connectivity index (χ1v) is 6.12. The monoisotopic (exact) mass is 249 g/mol. The van der Waals surface area contributed by atoms with E-state index in [-0.39, 0.29) is 11.8 Å². The first-order valence-electron chi connectivity index (χ1n) is 6.12. The second kappa shape index (κ2) is 4.88. The summed E-state index contributed by atoms with van der Waals surface area (Å²) in [7, 11) is 3.21. The van der Waals surface area contributed by atoms with E-state index >= 15 is 0 Å². The maximum Gasteiger partial charge on any atom is 0.251 e.